The molecule has 5 nitrogen and oxygen atoms in total. The molecule has 1 aromatic heterocycles. The zero-order chi connectivity index (χ0) is 22.8. The van der Waals surface area contributed by atoms with Crippen LogP contribution in [0.25, 0.3) is 0 Å². The number of alkyl halides is 3. The van der Waals surface area contributed by atoms with Gasteiger partial charge in [0.1, 0.15) is 0 Å². The smallest absolute Gasteiger partial charge is 0.416 e. The monoisotopic (exact) mass is 470 g/mol. The highest BCUT2D eigenvalue weighted by Crippen LogP contribution is 2.48. The minimum atomic E-state index is -4.60. The van der Waals surface area contributed by atoms with Gasteiger partial charge >= 0.3 is 12.1 Å². The summed E-state index contributed by atoms with van der Waals surface area (Å²) in [6.45, 7) is 7.18. The summed E-state index contributed by atoms with van der Waals surface area (Å²) in [6, 6.07) is 6.91. The Labute approximate surface area is 191 Å². The molecule has 0 saturated heterocycles. The molecule has 2 unspecified atom stereocenters. The molecule has 3 rings (SSSR count). The molecule has 1 aliphatic rings. The number of carbonyl (C=O) groups is 1. The number of ether oxygens (including phenoxy) is 2. The largest absolute Gasteiger partial charge is 0.474 e. The second kappa shape index (κ2) is 10.3. The van der Waals surface area contributed by atoms with E-state index < -0.39 is 23.6 Å². The van der Waals surface area contributed by atoms with Gasteiger partial charge in [0.2, 0.25) is 5.88 Å². The van der Waals surface area contributed by atoms with Gasteiger partial charge < -0.3 is 14.8 Å². The maximum Gasteiger partial charge on any atom is 0.416 e. The van der Waals surface area contributed by atoms with Gasteiger partial charge in [-0.1, -0.05) is 25.1 Å². The summed E-state index contributed by atoms with van der Waals surface area (Å²) in [5.74, 6) is -1.55. The topological polar surface area (TPSA) is 60.5 Å². The molecule has 174 valence electrons. The molecule has 2 heterocycles. The number of pyridine rings is 1. The number of halogens is 4. The summed E-state index contributed by atoms with van der Waals surface area (Å²) < 4.78 is 52.9. The Morgan fingerprint density at radius 1 is 1.22 bits per heavy atom. The average Bonchev–Trinajstić information content (AvgIpc) is 2.72. The van der Waals surface area contributed by atoms with E-state index in [-0.39, 0.29) is 42.1 Å². The zero-order valence-electron chi connectivity index (χ0n) is 18.2. The van der Waals surface area contributed by atoms with Crippen LogP contribution in [0.2, 0.25) is 0 Å². The highest BCUT2D eigenvalue weighted by Gasteiger charge is 2.42. The zero-order valence-corrected chi connectivity index (χ0v) is 19.1. The molecule has 0 amide bonds. The Morgan fingerprint density at radius 2 is 1.91 bits per heavy atom. The molecule has 0 saturated carbocycles. The summed E-state index contributed by atoms with van der Waals surface area (Å²) in [7, 11) is 0. The molecule has 1 aliphatic heterocycles. The summed E-state index contributed by atoms with van der Waals surface area (Å²) in [5.41, 5.74) is 0.582. The second-order valence-electron chi connectivity index (χ2n) is 7.32. The van der Waals surface area contributed by atoms with Gasteiger partial charge in [-0.15, -0.1) is 12.4 Å². The minimum Gasteiger partial charge on any atom is -0.474 e. The van der Waals surface area contributed by atoms with E-state index in [0.29, 0.717) is 23.4 Å². The van der Waals surface area contributed by atoms with Crippen LogP contribution in [0.15, 0.2) is 47.8 Å². The molecule has 32 heavy (non-hydrogen) atoms. The molecule has 0 bridgehead atoms. The lowest BCUT2D eigenvalue weighted by Gasteiger charge is -2.32. The Balaban J connectivity index is 0.00000363. The molecule has 9 heteroatoms. The van der Waals surface area contributed by atoms with E-state index in [1.54, 1.807) is 19.9 Å². The third kappa shape index (κ3) is 5.01. The number of benzene rings is 1. The van der Waals surface area contributed by atoms with Crippen LogP contribution in [0.1, 0.15) is 56.7 Å². The van der Waals surface area contributed by atoms with Crippen LogP contribution in [-0.2, 0) is 15.7 Å². The van der Waals surface area contributed by atoms with E-state index in [1.165, 1.54) is 24.4 Å². The number of rotatable bonds is 6. The number of carbonyl (C=O) groups excluding carboxylic acids is 1. The summed E-state index contributed by atoms with van der Waals surface area (Å²) in [6.07, 6.45) is -2.60. The van der Waals surface area contributed by atoms with Crippen molar-refractivity contribution in [2.45, 2.75) is 52.3 Å². The lowest BCUT2D eigenvalue weighted by atomic mass is 9.79. The fourth-order valence-electron chi connectivity index (χ4n) is 3.64. The number of esters is 1. The third-order valence-electron chi connectivity index (χ3n) is 5.22. The van der Waals surface area contributed by atoms with E-state index >= 15 is 0 Å². The molecule has 0 radical (unpaired) electrons. The fraction of sp³-hybridized carbons (Fsp3) is 0.391. The van der Waals surface area contributed by atoms with Crippen molar-refractivity contribution in [1.29, 1.82) is 0 Å². The van der Waals surface area contributed by atoms with Crippen LogP contribution in [0.4, 0.5) is 18.9 Å². The van der Waals surface area contributed by atoms with Gasteiger partial charge in [-0.2, -0.15) is 13.2 Å². The van der Waals surface area contributed by atoms with Crippen LogP contribution < -0.4 is 10.1 Å². The first-order chi connectivity index (χ1) is 14.7. The maximum absolute atomic E-state index is 13.9. The predicted molar refractivity (Wildman–Crippen MR) is 118 cm³/mol. The Morgan fingerprint density at radius 3 is 2.53 bits per heavy atom. The molecule has 1 aromatic carbocycles. The van der Waals surface area contributed by atoms with Crippen LogP contribution in [-0.4, -0.2) is 23.7 Å². The molecule has 0 aliphatic carbocycles. The van der Waals surface area contributed by atoms with E-state index in [0.717, 1.165) is 6.07 Å². The molecule has 2 atom stereocenters. The van der Waals surface area contributed by atoms with Gasteiger partial charge in [0, 0.05) is 23.1 Å². The first kappa shape index (κ1) is 25.5. The Kier molecular flexibility index (Phi) is 8.18. The number of hydrogen-bond donors (Lipinski definition) is 1. The van der Waals surface area contributed by atoms with Crippen LogP contribution >= 0.6 is 12.4 Å². The van der Waals surface area contributed by atoms with Crippen molar-refractivity contribution in [2.75, 3.05) is 11.9 Å². The van der Waals surface area contributed by atoms with Crippen molar-refractivity contribution in [2.24, 2.45) is 0 Å². The third-order valence-corrected chi connectivity index (χ3v) is 5.22. The molecule has 1 N–H and O–H groups in total. The SMILES string of the molecule is CCOC(=O)C1=C(C)Nc2ccnc(OC(C)CC)c2C1c1ccccc1C(F)(F)F.Cl. The van der Waals surface area contributed by atoms with Crippen molar-refractivity contribution in [3.63, 3.8) is 0 Å². The number of hydrogen-bond acceptors (Lipinski definition) is 5. The second-order valence-corrected chi connectivity index (χ2v) is 7.32. The summed E-state index contributed by atoms with van der Waals surface area (Å²) in [5, 5.41) is 3.12. The molecule has 0 fully saturated rings. The molecule has 2 aromatic rings. The van der Waals surface area contributed by atoms with Crippen LogP contribution in [0, 0.1) is 0 Å². The highest BCUT2D eigenvalue weighted by atomic mass is 35.5. The number of fused-ring (bicyclic) bond motifs is 1. The minimum absolute atomic E-state index is 0. The molecular weight excluding hydrogens is 445 g/mol. The molecular formula is C23H26ClF3N2O3. The Bertz CT molecular complexity index is 1010. The van der Waals surface area contributed by atoms with Gasteiger partial charge in [-0.25, -0.2) is 9.78 Å². The van der Waals surface area contributed by atoms with Crippen molar-refractivity contribution in [1.82, 2.24) is 4.98 Å². The quantitative estimate of drug-likeness (QED) is 0.517. The standard InChI is InChI=1S/C23H25F3N2O3.ClH/c1-5-13(3)31-21-20-17(11-12-27-21)28-14(4)18(22(29)30-6-2)19(20)15-9-7-8-10-16(15)23(24,25)26;/h7-13,19,28H,5-6H2,1-4H3;1H. The number of aromatic nitrogens is 1. The number of nitrogens with one attached hydrogen (secondary N) is 1. The van der Waals surface area contributed by atoms with Crippen molar-refractivity contribution >= 4 is 24.1 Å². The number of anilines is 1. The van der Waals surface area contributed by atoms with Gasteiger partial charge in [0.15, 0.2) is 0 Å². The van der Waals surface area contributed by atoms with Crippen molar-refractivity contribution in [3.8, 4) is 5.88 Å². The van der Waals surface area contributed by atoms with Crippen LogP contribution in [0.3, 0.4) is 0 Å². The van der Waals surface area contributed by atoms with E-state index in [2.05, 4.69) is 10.3 Å². The van der Waals surface area contributed by atoms with Gasteiger partial charge in [0.05, 0.1) is 29.8 Å². The van der Waals surface area contributed by atoms with Crippen molar-refractivity contribution < 1.29 is 27.4 Å². The molecule has 0 spiro atoms. The first-order valence-corrected chi connectivity index (χ1v) is 10.2. The normalized spacial score (nSPS) is 16.4. The van der Waals surface area contributed by atoms with Crippen molar-refractivity contribution in [3.05, 3.63) is 64.5 Å². The van der Waals surface area contributed by atoms with E-state index in [4.69, 9.17) is 9.47 Å². The highest BCUT2D eigenvalue weighted by molar-refractivity contribution is 5.95. The van der Waals surface area contributed by atoms with Gasteiger partial charge in [-0.3, -0.25) is 0 Å². The van der Waals surface area contributed by atoms with Crippen LogP contribution in [0.5, 0.6) is 5.88 Å². The van der Waals surface area contributed by atoms with Gasteiger partial charge in [-0.05, 0) is 44.9 Å². The fourth-order valence-corrected chi connectivity index (χ4v) is 3.64. The predicted octanol–water partition coefficient (Wildman–Crippen LogP) is 6.09. The maximum atomic E-state index is 13.9. The lowest BCUT2D eigenvalue weighted by molar-refractivity contribution is -0.140. The lowest BCUT2D eigenvalue weighted by Crippen LogP contribution is -2.27. The first-order valence-electron chi connectivity index (χ1n) is 10.2. The number of nitrogens with zero attached hydrogens (tertiary/aromatic N) is 1. The van der Waals surface area contributed by atoms with E-state index in [1.807, 2.05) is 13.8 Å². The summed E-state index contributed by atoms with van der Waals surface area (Å²) in [4.78, 5) is 17.2. The summed E-state index contributed by atoms with van der Waals surface area (Å²) >= 11 is 0. The van der Waals surface area contributed by atoms with Gasteiger partial charge in [0.25, 0.3) is 0 Å². The number of allylic oxidation sites excluding steroid dienone is 1. The average molecular weight is 471 g/mol. The Hall–Kier alpha value is -2.74. The van der Waals surface area contributed by atoms with E-state index in [9.17, 15) is 18.0 Å².